The van der Waals surface area contributed by atoms with Gasteiger partial charge in [-0.1, -0.05) is 13.8 Å². The van der Waals surface area contributed by atoms with Crippen LogP contribution in [-0.2, 0) is 9.59 Å². The van der Waals surface area contributed by atoms with Crippen LogP contribution in [0.1, 0.15) is 39.5 Å². The normalized spacial score (nSPS) is 26.9. The molecule has 2 radical (unpaired) electrons. The maximum Gasteiger partial charge on any atom is 0.307 e. The van der Waals surface area contributed by atoms with Gasteiger partial charge in [-0.05, 0) is 37.5 Å². The SMILES string of the molecule is CC(C)CC1CCC(C(=O)O)C(C(=O)O)C1.[Li].[Li]. The fourth-order valence-electron chi connectivity index (χ4n) is 2.71. The van der Waals surface area contributed by atoms with E-state index in [1.807, 2.05) is 0 Å². The summed E-state index contributed by atoms with van der Waals surface area (Å²) in [6.07, 6.45) is 2.86. The van der Waals surface area contributed by atoms with E-state index in [0.717, 1.165) is 12.8 Å². The number of carbonyl (C=O) groups is 2. The van der Waals surface area contributed by atoms with Crippen molar-refractivity contribution in [3.63, 3.8) is 0 Å². The van der Waals surface area contributed by atoms with Gasteiger partial charge in [0.25, 0.3) is 0 Å². The Bertz CT molecular complexity index is 281. The summed E-state index contributed by atoms with van der Waals surface area (Å²) >= 11 is 0. The third-order valence-electron chi connectivity index (χ3n) is 3.40. The zero-order chi connectivity index (χ0) is 12.3. The molecule has 0 aromatic rings. The molecule has 3 unspecified atom stereocenters. The predicted octanol–water partition coefficient (Wildman–Crippen LogP) is 1.47. The number of rotatable bonds is 4. The number of carboxylic acid groups (broad SMARTS) is 2. The van der Waals surface area contributed by atoms with Gasteiger partial charge in [-0.15, -0.1) is 0 Å². The van der Waals surface area contributed by atoms with Crippen LogP contribution in [0.15, 0.2) is 0 Å². The van der Waals surface area contributed by atoms with Crippen LogP contribution in [-0.4, -0.2) is 59.9 Å². The fourth-order valence-corrected chi connectivity index (χ4v) is 2.71. The molecule has 0 aliphatic heterocycles. The molecular weight excluding hydrogens is 222 g/mol. The molecule has 1 aliphatic rings. The summed E-state index contributed by atoms with van der Waals surface area (Å²) in [6.45, 7) is 4.22. The second-order valence-electron chi connectivity index (χ2n) is 5.20. The Morgan fingerprint density at radius 2 is 1.56 bits per heavy atom. The summed E-state index contributed by atoms with van der Waals surface area (Å²) in [5, 5.41) is 18.0. The minimum Gasteiger partial charge on any atom is -0.481 e. The van der Waals surface area contributed by atoms with Gasteiger partial charge in [0.05, 0.1) is 11.8 Å². The first-order valence-electron chi connectivity index (χ1n) is 5.87. The average molecular weight is 242 g/mol. The van der Waals surface area contributed by atoms with Crippen molar-refractivity contribution in [2.24, 2.45) is 23.7 Å². The summed E-state index contributed by atoms with van der Waals surface area (Å²) in [5.41, 5.74) is 0. The molecule has 18 heavy (non-hydrogen) atoms. The molecule has 0 aromatic carbocycles. The molecule has 3 atom stereocenters. The van der Waals surface area contributed by atoms with Crippen molar-refractivity contribution < 1.29 is 19.8 Å². The molecule has 0 heterocycles. The summed E-state index contributed by atoms with van der Waals surface area (Å²) in [7, 11) is 0. The van der Waals surface area contributed by atoms with Crippen molar-refractivity contribution in [1.82, 2.24) is 0 Å². The zero-order valence-electron chi connectivity index (χ0n) is 11.8. The smallest absolute Gasteiger partial charge is 0.307 e. The Kier molecular flexibility index (Phi) is 10.3. The second kappa shape index (κ2) is 9.10. The van der Waals surface area contributed by atoms with Crippen LogP contribution >= 0.6 is 0 Å². The van der Waals surface area contributed by atoms with Gasteiger partial charge in [0.2, 0.25) is 0 Å². The van der Waals surface area contributed by atoms with E-state index in [9.17, 15) is 9.59 Å². The molecule has 0 spiro atoms. The Morgan fingerprint density at radius 1 is 1.06 bits per heavy atom. The molecular formula is C12H20Li2O4. The van der Waals surface area contributed by atoms with Crippen LogP contribution in [0.4, 0.5) is 0 Å². The standard InChI is InChI=1S/C12H20O4.2Li/c1-7(2)5-8-3-4-9(11(13)14)10(6-8)12(15)16;;/h7-10H,3-6H2,1-2H3,(H,13,14)(H,15,16);;. The summed E-state index contributed by atoms with van der Waals surface area (Å²) in [5.74, 6) is -2.40. The van der Waals surface area contributed by atoms with Gasteiger partial charge in [0.15, 0.2) is 0 Å². The third-order valence-corrected chi connectivity index (χ3v) is 3.40. The van der Waals surface area contributed by atoms with Gasteiger partial charge in [-0.2, -0.15) is 0 Å². The molecule has 2 N–H and O–H groups in total. The van der Waals surface area contributed by atoms with Crippen molar-refractivity contribution in [1.29, 1.82) is 0 Å². The van der Waals surface area contributed by atoms with Gasteiger partial charge >= 0.3 is 11.9 Å². The van der Waals surface area contributed by atoms with Gasteiger partial charge in [-0.25, -0.2) is 0 Å². The van der Waals surface area contributed by atoms with Gasteiger partial charge in [-0.3, -0.25) is 9.59 Å². The molecule has 0 amide bonds. The predicted molar refractivity (Wildman–Crippen MR) is 70.6 cm³/mol. The molecule has 94 valence electrons. The minimum absolute atomic E-state index is 0. The van der Waals surface area contributed by atoms with Crippen LogP contribution in [0.3, 0.4) is 0 Å². The molecule has 1 saturated carbocycles. The van der Waals surface area contributed by atoms with Gasteiger partial charge < -0.3 is 10.2 Å². The Balaban J connectivity index is 0. The number of hydrogen-bond acceptors (Lipinski definition) is 2. The first kappa shape index (κ1) is 20.5. The zero-order valence-corrected chi connectivity index (χ0v) is 11.8. The van der Waals surface area contributed by atoms with Crippen molar-refractivity contribution >= 4 is 49.7 Å². The summed E-state index contributed by atoms with van der Waals surface area (Å²) < 4.78 is 0. The van der Waals surface area contributed by atoms with E-state index in [0.29, 0.717) is 24.7 Å². The largest absolute Gasteiger partial charge is 0.481 e. The topological polar surface area (TPSA) is 74.6 Å². The second-order valence-corrected chi connectivity index (χ2v) is 5.20. The van der Waals surface area contributed by atoms with E-state index >= 15 is 0 Å². The van der Waals surface area contributed by atoms with Crippen molar-refractivity contribution in [3.8, 4) is 0 Å². The molecule has 0 bridgehead atoms. The fraction of sp³-hybridized carbons (Fsp3) is 0.833. The minimum atomic E-state index is -0.963. The van der Waals surface area contributed by atoms with Crippen LogP contribution in [0.25, 0.3) is 0 Å². The molecule has 4 nitrogen and oxygen atoms in total. The van der Waals surface area contributed by atoms with E-state index in [4.69, 9.17) is 10.2 Å². The first-order chi connectivity index (χ1) is 7.41. The van der Waals surface area contributed by atoms with Crippen LogP contribution in [0.5, 0.6) is 0 Å². The number of hydrogen-bond donors (Lipinski definition) is 2. The molecule has 1 aliphatic carbocycles. The van der Waals surface area contributed by atoms with E-state index in [1.165, 1.54) is 0 Å². The summed E-state index contributed by atoms with van der Waals surface area (Å²) in [4.78, 5) is 22.0. The molecule has 1 rings (SSSR count). The quantitative estimate of drug-likeness (QED) is 0.732. The van der Waals surface area contributed by atoms with Crippen LogP contribution in [0.2, 0.25) is 0 Å². The van der Waals surface area contributed by atoms with Gasteiger partial charge in [0.1, 0.15) is 0 Å². The maximum absolute atomic E-state index is 11.0. The van der Waals surface area contributed by atoms with E-state index in [2.05, 4.69) is 13.8 Å². The number of aliphatic carboxylic acids is 2. The summed E-state index contributed by atoms with van der Waals surface area (Å²) in [6, 6.07) is 0. The van der Waals surface area contributed by atoms with E-state index in [-0.39, 0.29) is 37.7 Å². The number of carboxylic acids is 2. The molecule has 1 fully saturated rings. The monoisotopic (exact) mass is 242 g/mol. The van der Waals surface area contributed by atoms with E-state index in [1.54, 1.807) is 0 Å². The molecule has 0 saturated heterocycles. The van der Waals surface area contributed by atoms with Crippen molar-refractivity contribution in [2.45, 2.75) is 39.5 Å². The average Bonchev–Trinajstić information content (AvgIpc) is 2.16. The molecule has 6 heteroatoms. The third kappa shape index (κ3) is 5.85. The van der Waals surface area contributed by atoms with Gasteiger partial charge in [0, 0.05) is 37.7 Å². The Morgan fingerprint density at radius 3 is 1.94 bits per heavy atom. The maximum atomic E-state index is 11.0. The van der Waals surface area contributed by atoms with E-state index < -0.39 is 23.8 Å². The van der Waals surface area contributed by atoms with Crippen LogP contribution < -0.4 is 0 Å². The Labute approximate surface area is 132 Å². The van der Waals surface area contributed by atoms with Crippen LogP contribution in [0, 0.1) is 23.7 Å². The van der Waals surface area contributed by atoms with Crippen molar-refractivity contribution in [3.05, 3.63) is 0 Å². The van der Waals surface area contributed by atoms with Crippen molar-refractivity contribution in [2.75, 3.05) is 0 Å². The molecule has 0 aromatic heterocycles. The first-order valence-corrected chi connectivity index (χ1v) is 5.87. The Hall–Kier alpha value is 0.135.